The van der Waals surface area contributed by atoms with Gasteiger partial charge in [0.2, 0.25) is 0 Å². The molecule has 0 radical (unpaired) electrons. The topological polar surface area (TPSA) is 93.7 Å². The van der Waals surface area contributed by atoms with Gasteiger partial charge in [0.25, 0.3) is 5.91 Å². The van der Waals surface area contributed by atoms with Gasteiger partial charge in [-0.1, -0.05) is 32.0 Å². The van der Waals surface area contributed by atoms with Crippen LogP contribution in [0.2, 0.25) is 0 Å². The van der Waals surface area contributed by atoms with Crippen molar-refractivity contribution < 1.29 is 19.5 Å². The van der Waals surface area contributed by atoms with E-state index in [-0.39, 0.29) is 5.92 Å². The lowest BCUT2D eigenvalue weighted by atomic mass is 9.86. The van der Waals surface area contributed by atoms with E-state index in [1.807, 2.05) is 24.3 Å². The normalized spacial score (nSPS) is 23.5. The summed E-state index contributed by atoms with van der Waals surface area (Å²) >= 11 is 0. The number of aliphatic carboxylic acids is 1. The number of urea groups is 1. The summed E-state index contributed by atoms with van der Waals surface area (Å²) in [5, 5.41) is 10.6. The molecule has 1 fully saturated rings. The fourth-order valence-electron chi connectivity index (χ4n) is 4.36. The van der Waals surface area contributed by atoms with Crippen LogP contribution >= 0.6 is 0 Å². The van der Waals surface area contributed by atoms with Crippen LogP contribution in [0.4, 0.5) is 4.79 Å². The highest BCUT2D eigenvalue weighted by Crippen LogP contribution is 2.44. The molecule has 0 saturated carbocycles. The molecule has 2 aliphatic rings. The number of H-pyrrole nitrogens is 1. The SMILES string of the molecule is CC(C)[C@@H](C(=O)O)N1C(=O)N2CCc3c([nH]c4ccccc34)[C@@]2(C)C1=O. The Morgan fingerprint density at radius 3 is 2.62 bits per heavy atom. The van der Waals surface area contributed by atoms with Gasteiger partial charge >= 0.3 is 12.0 Å². The number of nitrogens with one attached hydrogen (secondary N) is 1. The Morgan fingerprint density at radius 2 is 1.96 bits per heavy atom. The Morgan fingerprint density at radius 1 is 1.27 bits per heavy atom. The number of carbonyl (C=O) groups is 3. The van der Waals surface area contributed by atoms with Crippen LogP contribution in [0.25, 0.3) is 10.9 Å². The molecule has 0 unspecified atom stereocenters. The quantitative estimate of drug-likeness (QED) is 0.826. The number of benzene rings is 1. The van der Waals surface area contributed by atoms with Crippen molar-refractivity contribution in [1.82, 2.24) is 14.8 Å². The molecule has 2 atom stereocenters. The second-order valence-electron chi connectivity index (χ2n) is 7.48. The summed E-state index contributed by atoms with van der Waals surface area (Å²) in [5.41, 5.74) is 1.43. The maximum atomic E-state index is 13.3. The fraction of sp³-hybridized carbons (Fsp3) is 0.421. The van der Waals surface area contributed by atoms with E-state index >= 15 is 0 Å². The molecule has 1 saturated heterocycles. The Labute approximate surface area is 150 Å². The van der Waals surface area contributed by atoms with Crippen molar-refractivity contribution in [2.75, 3.05) is 6.54 Å². The van der Waals surface area contributed by atoms with E-state index in [4.69, 9.17) is 0 Å². The standard InChI is InChI=1S/C19H21N3O4/c1-10(2)14(16(23)24)22-17(25)19(3)15-12(8-9-21(19)18(22)26)11-6-4-5-7-13(11)20-15/h4-7,10,14,20H,8-9H2,1-3H3,(H,23,24)/t14-,19-/m0/s1. The van der Waals surface area contributed by atoms with Crippen molar-refractivity contribution in [3.8, 4) is 0 Å². The summed E-state index contributed by atoms with van der Waals surface area (Å²) in [4.78, 5) is 43.8. The summed E-state index contributed by atoms with van der Waals surface area (Å²) in [7, 11) is 0. The number of nitrogens with zero attached hydrogens (tertiary/aromatic N) is 2. The number of imide groups is 1. The van der Waals surface area contributed by atoms with Gasteiger partial charge in [0.05, 0.1) is 5.69 Å². The third-order valence-corrected chi connectivity index (χ3v) is 5.66. The molecule has 0 spiro atoms. The molecule has 4 rings (SSSR count). The first kappa shape index (κ1) is 16.6. The van der Waals surface area contributed by atoms with Crippen molar-refractivity contribution in [1.29, 1.82) is 0 Å². The van der Waals surface area contributed by atoms with E-state index in [2.05, 4.69) is 4.98 Å². The van der Waals surface area contributed by atoms with Gasteiger partial charge in [-0.2, -0.15) is 0 Å². The number of hydrogen-bond donors (Lipinski definition) is 2. The number of hydrogen-bond acceptors (Lipinski definition) is 3. The molecule has 3 heterocycles. The van der Waals surface area contributed by atoms with Crippen molar-refractivity contribution in [3.63, 3.8) is 0 Å². The molecule has 1 aromatic carbocycles. The van der Waals surface area contributed by atoms with Gasteiger partial charge in [0.1, 0.15) is 6.04 Å². The molecule has 0 aliphatic carbocycles. The van der Waals surface area contributed by atoms with Gasteiger partial charge in [-0.25, -0.2) is 14.5 Å². The fourth-order valence-corrected chi connectivity index (χ4v) is 4.36. The van der Waals surface area contributed by atoms with Crippen molar-refractivity contribution >= 4 is 28.8 Å². The Bertz CT molecular complexity index is 947. The first-order valence-electron chi connectivity index (χ1n) is 8.76. The molecule has 2 N–H and O–H groups in total. The molecule has 1 aromatic heterocycles. The van der Waals surface area contributed by atoms with E-state index in [0.29, 0.717) is 18.7 Å². The lowest BCUT2D eigenvalue weighted by molar-refractivity contribution is -0.149. The maximum absolute atomic E-state index is 13.3. The van der Waals surface area contributed by atoms with Crippen LogP contribution in [0, 0.1) is 5.92 Å². The van der Waals surface area contributed by atoms with Gasteiger partial charge in [-0.15, -0.1) is 0 Å². The highest BCUT2D eigenvalue weighted by Gasteiger charge is 2.61. The van der Waals surface area contributed by atoms with Crippen molar-refractivity contribution in [2.45, 2.75) is 38.8 Å². The third kappa shape index (κ3) is 1.91. The zero-order chi connectivity index (χ0) is 18.8. The van der Waals surface area contributed by atoms with Gasteiger partial charge in [0, 0.05) is 17.4 Å². The number of carboxylic acids is 1. The lowest BCUT2D eigenvalue weighted by Gasteiger charge is -2.36. The first-order chi connectivity index (χ1) is 12.3. The first-order valence-corrected chi connectivity index (χ1v) is 8.76. The van der Waals surface area contributed by atoms with Gasteiger partial charge in [-0.05, 0) is 30.9 Å². The van der Waals surface area contributed by atoms with Crippen LogP contribution < -0.4 is 0 Å². The summed E-state index contributed by atoms with van der Waals surface area (Å²) in [6.07, 6.45) is 0.626. The smallest absolute Gasteiger partial charge is 0.328 e. The Hall–Kier alpha value is -2.83. The van der Waals surface area contributed by atoms with Crippen LogP contribution in [0.15, 0.2) is 24.3 Å². The van der Waals surface area contributed by atoms with Crippen LogP contribution in [-0.4, -0.2) is 50.4 Å². The second-order valence-corrected chi connectivity index (χ2v) is 7.48. The van der Waals surface area contributed by atoms with E-state index in [0.717, 1.165) is 21.4 Å². The summed E-state index contributed by atoms with van der Waals surface area (Å²) in [6.45, 7) is 5.50. The molecule has 26 heavy (non-hydrogen) atoms. The minimum absolute atomic E-state index is 0.382. The van der Waals surface area contributed by atoms with E-state index in [1.165, 1.54) is 4.90 Å². The van der Waals surface area contributed by atoms with Crippen molar-refractivity contribution in [2.24, 2.45) is 5.92 Å². The molecule has 7 nitrogen and oxygen atoms in total. The average molecular weight is 355 g/mol. The number of amides is 3. The third-order valence-electron chi connectivity index (χ3n) is 5.66. The van der Waals surface area contributed by atoms with E-state index < -0.39 is 29.5 Å². The predicted molar refractivity (Wildman–Crippen MR) is 94.6 cm³/mol. The second kappa shape index (κ2) is 5.33. The van der Waals surface area contributed by atoms with Crippen LogP contribution in [0.3, 0.4) is 0 Å². The molecule has 2 aliphatic heterocycles. The zero-order valence-electron chi connectivity index (χ0n) is 14.9. The molecule has 3 amide bonds. The minimum Gasteiger partial charge on any atom is -0.480 e. The molecule has 136 valence electrons. The number of rotatable bonds is 3. The summed E-state index contributed by atoms with van der Waals surface area (Å²) in [5.74, 6) is -2.02. The highest BCUT2D eigenvalue weighted by atomic mass is 16.4. The number of aromatic nitrogens is 1. The molecular formula is C19H21N3O4. The number of aromatic amines is 1. The van der Waals surface area contributed by atoms with Gasteiger partial charge in [-0.3, -0.25) is 4.79 Å². The van der Waals surface area contributed by atoms with Gasteiger partial charge < -0.3 is 15.0 Å². The number of carboxylic acid groups (broad SMARTS) is 1. The largest absolute Gasteiger partial charge is 0.480 e. The monoisotopic (exact) mass is 355 g/mol. The summed E-state index contributed by atoms with van der Waals surface area (Å²) < 4.78 is 0. The number of carbonyl (C=O) groups excluding carboxylic acids is 2. The molecule has 2 aromatic rings. The van der Waals surface area contributed by atoms with Crippen molar-refractivity contribution in [3.05, 3.63) is 35.5 Å². The van der Waals surface area contributed by atoms with Crippen LogP contribution in [-0.2, 0) is 21.5 Å². The molecule has 7 heteroatoms. The molecule has 0 bridgehead atoms. The van der Waals surface area contributed by atoms with Crippen LogP contribution in [0.1, 0.15) is 32.0 Å². The highest BCUT2D eigenvalue weighted by molar-refractivity contribution is 6.10. The predicted octanol–water partition coefficient (Wildman–Crippen LogP) is 2.31. The van der Waals surface area contributed by atoms with Crippen LogP contribution in [0.5, 0.6) is 0 Å². The van der Waals surface area contributed by atoms with Gasteiger partial charge in [0.15, 0.2) is 5.54 Å². The minimum atomic E-state index is -1.20. The number of para-hydroxylation sites is 1. The summed E-state index contributed by atoms with van der Waals surface area (Å²) in [6, 6.07) is 6.09. The average Bonchev–Trinajstić information content (AvgIpc) is 3.05. The zero-order valence-corrected chi connectivity index (χ0v) is 14.9. The maximum Gasteiger partial charge on any atom is 0.328 e. The Kier molecular flexibility index (Phi) is 3.41. The van der Waals surface area contributed by atoms with E-state index in [1.54, 1.807) is 20.8 Å². The lowest BCUT2D eigenvalue weighted by Crippen LogP contribution is -2.50. The molecular weight excluding hydrogens is 334 g/mol. The van der Waals surface area contributed by atoms with E-state index in [9.17, 15) is 19.5 Å². The number of fused-ring (bicyclic) bond motifs is 5. The Balaban J connectivity index is 1.89.